The summed E-state index contributed by atoms with van der Waals surface area (Å²) < 4.78 is 0. The van der Waals surface area contributed by atoms with Crippen LogP contribution in [0.25, 0.3) is 11.1 Å². The smallest absolute Gasteiger partial charge is 0.0994 e. The molecule has 2 rings (SSSR count). The van der Waals surface area contributed by atoms with E-state index in [4.69, 9.17) is 5.26 Å². The minimum atomic E-state index is 0.753. The van der Waals surface area contributed by atoms with Crippen molar-refractivity contribution in [2.75, 3.05) is 0 Å². The van der Waals surface area contributed by atoms with Gasteiger partial charge in [-0.1, -0.05) is 49.7 Å². The summed E-state index contributed by atoms with van der Waals surface area (Å²) in [5.41, 5.74) is 5.58. The van der Waals surface area contributed by atoms with Crippen LogP contribution in [0.4, 0.5) is 0 Å². The van der Waals surface area contributed by atoms with E-state index in [0.717, 1.165) is 17.5 Å². The number of nitriles is 1. The lowest BCUT2D eigenvalue weighted by molar-refractivity contribution is 0.795. The summed E-state index contributed by atoms with van der Waals surface area (Å²) in [7, 11) is 0. The van der Waals surface area contributed by atoms with Gasteiger partial charge in [0, 0.05) is 0 Å². The maximum Gasteiger partial charge on any atom is 0.0994 e. The summed E-state index contributed by atoms with van der Waals surface area (Å²) in [6.45, 7) is 4.20. The third kappa shape index (κ3) is 3.23. The largest absolute Gasteiger partial charge is 0.192 e. The summed E-state index contributed by atoms with van der Waals surface area (Å²) in [6.07, 6.45) is 3.63. The average molecular weight is 249 g/mol. The molecule has 96 valence electrons. The van der Waals surface area contributed by atoms with Crippen molar-refractivity contribution in [1.82, 2.24) is 0 Å². The fourth-order valence-corrected chi connectivity index (χ4v) is 2.21. The van der Waals surface area contributed by atoms with Crippen LogP contribution in [0.15, 0.2) is 42.5 Å². The highest BCUT2D eigenvalue weighted by Crippen LogP contribution is 2.23. The van der Waals surface area contributed by atoms with Crippen LogP contribution in [0, 0.1) is 18.3 Å². The molecule has 1 nitrogen and oxygen atoms in total. The molecule has 0 aliphatic carbocycles. The molecule has 2 aromatic rings. The molecule has 0 heterocycles. The van der Waals surface area contributed by atoms with Crippen LogP contribution in [-0.2, 0) is 6.42 Å². The highest BCUT2D eigenvalue weighted by atomic mass is 14.2. The first kappa shape index (κ1) is 13.4. The van der Waals surface area contributed by atoms with E-state index in [-0.39, 0.29) is 0 Å². The Labute approximate surface area is 115 Å². The van der Waals surface area contributed by atoms with Gasteiger partial charge in [0.15, 0.2) is 0 Å². The number of rotatable bonds is 4. The number of aryl methyl sites for hydroxylation is 2. The predicted octanol–water partition coefficient (Wildman–Crippen LogP) is 4.88. The Hall–Kier alpha value is -2.07. The Bertz CT molecular complexity index is 588. The normalized spacial score (nSPS) is 10.2. The first-order valence-corrected chi connectivity index (χ1v) is 6.84. The molecule has 0 fully saturated rings. The minimum Gasteiger partial charge on any atom is -0.192 e. The maximum absolute atomic E-state index is 8.95. The Morgan fingerprint density at radius 3 is 2.26 bits per heavy atom. The van der Waals surface area contributed by atoms with Crippen LogP contribution in [0.5, 0.6) is 0 Å². The third-order valence-corrected chi connectivity index (χ3v) is 3.45. The molecule has 2 aromatic carbocycles. The molecule has 0 unspecified atom stereocenters. The molecule has 0 radical (unpaired) electrons. The molecule has 0 aromatic heterocycles. The predicted molar refractivity (Wildman–Crippen MR) is 79.9 cm³/mol. The van der Waals surface area contributed by atoms with Gasteiger partial charge in [-0.25, -0.2) is 0 Å². The SMILES string of the molecule is CCCCc1ccc(-c2ccc(C#N)c(C)c2)cc1. The van der Waals surface area contributed by atoms with Crippen molar-refractivity contribution in [3.05, 3.63) is 59.2 Å². The van der Waals surface area contributed by atoms with Crippen molar-refractivity contribution in [2.24, 2.45) is 0 Å². The van der Waals surface area contributed by atoms with E-state index < -0.39 is 0 Å². The van der Waals surface area contributed by atoms with Gasteiger partial charge in [-0.2, -0.15) is 5.26 Å². The van der Waals surface area contributed by atoms with Crippen molar-refractivity contribution >= 4 is 0 Å². The van der Waals surface area contributed by atoms with E-state index in [9.17, 15) is 0 Å². The van der Waals surface area contributed by atoms with Gasteiger partial charge in [-0.05, 0) is 48.1 Å². The Morgan fingerprint density at radius 2 is 1.68 bits per heavy atom. The molecule has 0 atom stereocenters. The minimum absolute atomic E-state index is 0.753. The molecule has 0 aliphatic rings. The second-order valence-electron chi connectivity index (χ2n) is 4.94. The molecule has 0 spiro atoms. The molecular weight excluding hydrogens is 230 g/mol. The molecule has 0 saturated heterocycles. The van der Waals surface area contributed by atoms with Crippen molar-refractivity contribution in [2.45, 2.75) is 33.1 Å². The highest BCUT2D eigenvalue weighted by Gasteiger charge is 2.02. The van der Waals surface area contributed by atoms with E-state index in [1.807, 2.05) is 19.1 Å². The monoisotopic (exact) mass is 249 g/mol. The maximum atomic E-state index is 8.95. The topological polar surface area (TPSA) is 23.8 Å². The van der Waals surface area contributed by atoms with Gasteiger partial charge in [-0.15, -0.1) is 0 Å². The zero-order valence-electron chi connectivity index (χ0n) is 11.6. The van der Waals surface area contributed by atoms with Gasteiger partial charge >= 0.3 is 0 Å². The number of hydrogen-bond donors (Lipinski definition) is 0. The van der Waals surface area contributed by atoms with Crippen molar-refractivity contribution < 1.29 is 0 Å². The number of hydrogen-bond acceptors (Lipinski definition) is 1. The second kappa shape index (κ2) is 6.20. The van der Waals surface area contributed by atoms with Crippen LogP contribution in [0.2, 0.25) is 0 Å². The first-order chi connectivity index (χ1) is 9.24. The quantitative estimate of drug-likeness (QED) is 0.757. The van der Waals surface area contributed by atoms with E-state index in [1.165, 1.54) is 29.5 Å². The molecular formula is C18H19N. The summed E-state index contributed by atoms with van der Waals surface area (Å²) in [5, 5.41) is 8.95. The van der Waals surface area contributed by atoms with Gasteiger partial charge in [0.25, 0.3) is 0 Å². The average Bonchev–Trinajstić information content (AvgIpc) is 2.45. The fraction of sp³-hybridized carbons (Fsp3) is 0.278. The Kier molecular flexibility index (Phi) is 4.36. The standard InChI is InChI=1S/C18H19N/c1-3-4-5-15-6-8-16(9-7-15)17-10-11-18(13-19)14(2)12-17/h6-12H,3-5H2,1-2H3. The second-order valence-corrected chi connectivity index (χ2v) is 4.94. The van der Waals surface area contributed by atoms with Crippen molar-refractivity contribution in [1.29, 1.82) is 5.26 Å². The summed E-state index contributed by atoms with van der Waals surface area (Å²) in [6, 6.07) is 17.0. The van der Waals surface area contributed by atoms with Gasteiger partial charge in [-0.3, -0.25) is 0 Å². The molecule has 0 aliphatic heterocycles. The summed E-state index contributed by atoms with van der Waals surface area (Å²) >= 11 is 0. The Morgan fingerprint density at radius 1 is 1.00 bits per heavy atom. The van der Waals surface area contributed by atoms with E-state index in [0.29, 0.717) is 0 Å². The summed E-state index contributed by atoms with van der Waals surface area (Å²) in [4.78, 5) is 0. The fourth-order valence-electron chi connectivity index (χ4n) is 2.21. The lowest BCUT2D eigenvalue weighted by Gasteiger charge is -2.06. The first-order valence-electron chi connectivity index (χ1n) is 6.84. The molecule has 0 bridgehead atoms. The molecule has 0 saturated carbocycles. The lowest BCUT2D eigenvalue weighted by atomic mass is 9.98. The lowest BCUT2D eigenvalue weighted by Crippen LogP contribution is -1.87. The van der Waals surface area contributed by atoms with Gasteiger partial charge in [0.05, 0.1) is 11.6 Å². The number of benzene rings is 2. The zero-order valence-corrected chi connectivity index (χ0v) is 11.6. The zero-order chi connectivity index (χ0) is 13.7. The van der Waals surface area contributed by atoms with Crippen LogP contribution in [-0.4, -0.2) is 0 Å². The van der Waals surface area contributed by atoms with E-state index in [2.05, 4.69) is 43.3 Å². The number of unbranched alkanes of at least 4 members (excludes halogenated alkanes) is 1. The van der Waals surface area contributed by atoms with Crippen LogP contribution in [0.3, 0.4) is 0 Å². The van der Waals surface area contributed by atoms with Crippen LogP contribution < -0.4 is 0 Å². The molecule has 0 amide bonds. The Balaban J connectivity index is 2.22. The number of nitrogens with zero attached hydrogens (tertiary/aromatic N) is 1. The van der Waals surface area contributed by atoms with Crippen LogP contribution in [0.1, 0.15) is 36.5 Å². The molecule has 1 heteroatoms. The van der Waals surface area contributed by atoms with E-state index >= 15 is 0 Å². The van der Waals surface area contributed by atoms with Gasteiger partial charge in [0.1, 0.15) is 0 Å². The summed E-state index contributed by atoms with van der Waals surface area (Å²) in [5.74, 6) is 0. The van der Waals surface area contributed by atoms with E-state index in [1.54, 1.807) is 0 Å². The van der Waals surface area contributed by atoms with Crippen molar-refractivity contribution in [3.63, 3.8) is 0 Å². The third-order valence-electron chi connectivity index (χ3n) is 3.45. The van der Waals surface area contributed by atoms with Gasteiger partial charge < -0.3 is 0 Å². The van der Waals surface area contributed by atoms with Crippen LogP contribution >= 0.6 is 0 Å². The molecule has 19 heavy (non-hydrogen) atoms. The van der Waals surface area contributed by atoms with Crippen molar-refractivity contribution in [3.8, 4) is 17.2 Å². The van der Waals surface area contributed by atoms with Gasteiger partial charge in [0.2, 0.25) is 0 Å². The highest BCUT2D eigenvalue weighted by molar-refractivity contribution is 5.66. The molecule has 0 N–H and O–H groups in total.